The fourth-order valence-electron chi connectivity index (χ4n) is 0.888. The van der Waals surface area contributed by atoms with Crippen molar-refractivity contribution in [2.45, 2.75) is 6.92 Å². The van der Waals surface area contributed by atoms with E-state index in [1.54, 1.807) is 6.07 Å². The van der Waals surface area contributed by atoms with E-state index in [0.717, 1.165) is 4.47 Å². The number of para-hydroxylation sites is 1. The van der Waals surface area contributed by atoms with Gasteiger partial charge in [0.2, 0.25) is 0 Å². The minimum absolute atomic E-state index is 0.561. The van der Waals surface area contributed by atoms with E-state index < -0.39 is 0 Å². The van der Waals surface area contributed by atoms with Crippen LogP contribution in [0.25, 0.3) is 0 Å². The number of nitriles is 1. The van der Waals surface area contributed by atoms with Gasteiger partial charge >= 0.3 is 0 Å². The largest absolute Gasteiger partial charge is 0.491 e. The molecule has 2 nitrogen and oxygen atoms in total. The Morgan fingerprint density at radius 3 is 2.92 bits per heavy atom. The van der Waals surface area contributed by atoms with Crippen molar-refractivity contribution in [1.82, 2.24) is 0 Å². The zero-order valence-corrected chi connectivity index (χ0v) is 8.26. The Balaban J connectivity index is 3.13. The van der Waals surface area contributed by atoms with Crippen molar-refractivity contribution in [2.75, 3.05) is 6.61 Å². The van der Waals surface area contributed by atoms with Crippen LogP contribution in [-0.2, 0) is 0 Å². The summed E-state index contributed by atoms with van der Waals surface area (Å²) in [6, 6.07) is 7.46. The number of halogens is 1. The lowest BCUT2D eigenvalue weighted by Gasteiger charge is -2.06. The molecular formula is C9H8BrNO. The van der Waals surface area contributed by atoms with Gasteiger partial charge < -0.3 is 4.74 Å². The quantitative estimate of drug-likeness (QED) is 0.776. The zero-order chi connectivity index (χ0) is 8.97. The van der Waals surface area contributed by atoms with Crippen LogP contribution in [0.1, 0.15) is 12.5 Å². The van der Waals surface area contributed by atoms with Gasteiger partial charge in [0, 0.05) is 0 Å². The molecule has 3 heteroatoms. The number of rotatable bonds is 2. The van der Waals surface area contributed by atoms with Gasteiger partial charge in [-0.2, -0.15) is 5.26 Å². The van der Waals surface area contributed by atoms with Crippen molar-refractivity contribution < 1.29 is 4.74 Å². The van der Waals surface area contributed by atoms with Crippen molar-refractivity contribution in [3.63, 3.8) is 0 Å². The van der Waals surface area contributed by atoms with Gasteiger partial charge in [-0.25, -0.2) is 0 Å². The second kappa shape index (κ2) is 4.13. The standard InChI is InChI=1S/C9H8BrNO/c1-2-12-9-7(6-11)4-3-5-8(9)10/h3-5H,2H2,1H3. The van der Waals surface area contributed by atoms with E-state index in [-0.39, 0.29) is 0 Å². The molecule has 0 saturated carbocycles. The molecule has 0 amide bonds. The van der Waals surface area contributed by atoms with Gasteiger partial charge in [0.25, 0.3) is 0 Å². The summed E-state index contributed by atoms with van der Waals surface area (Å²) in [6.07, 6.45) is 0. The van der Waals surface area contributed by atoms with Crippen LogP contribution in [0.4, 0.5) is 0 Å². The molecule has 0 saturated heterocycles. The first-order valence-electron chi connectivity index (χ1n) is 3.61. The number of hydrogen-bond acceptors (Lipinski definition) is 2. The van der Waals surface area contributed by atoms with Crippen LogP contribution in [0.5, 0.6) is 5.75 Å². The number of benzene rings is 1. The van der Waals surface area contributed by atoms with Crippen LogP contribution in [0, 0.1) is 11.3 Å². The first kappa shape index (κ1) is 9.08. The first-order chi connectivity index (χ1) is 5.79. The summed E-state index contributed by atoms with van der Waals surface area (Å²) >= 11 is 3.31. The van der Waals surface area contributed by atoms with Crippen molar-refractivity contribution in [1.29, 1.82) is 5.26 Å². The maximum atomic E-state index is 8.72. The second-order valence-electron chi connectivity index (χ2n) is 2.16. The molecule has 0 unspecified atom stereocenters. The summed E-state index contributed by atoms with van der Waals surface area (Å²) in [7, 11) is 0. The lowest BCUT2D eigenvalue weighted by molar-refractivity contribution is 0.337. The van der Waals surface area contributed by atoms with Gasteiger partial charge in [-0.05, 0) is 35.0 Å². The Morgan fingerprint density at radius 1 is 1.58 bits per heavy atom. The number of nitrogens with zero attached hydrogens (tertiary/aromatic N) is 1. The van der Waals surface area contributed by atoms with Crippen LogP contribution in [0.15, 0.2) is 22.7 Å². The minimum Gasteiger partial charge on any atom is -0.491 e. The molecule has 12 heavy (non-hydrogen) atoms. The van der Waals surface area contributed by atoms with E-state index in [2.05, 4.69) is 22.0 Å². The van der Waals surface area contributed by atoms with Gasteiger partial charge in [0.1, 0.15) is 6.07 Å². The number of hydrogen-bond donors (Lipinski definition) is 0. The van der Waals surface area contributed by atoms with E-state index in [0.29, 0.717) is 17.9 Å². The third kappa shape index (κ3) is 1.77. The van der Waals surface area contributed by atoms with Crippen molar-refractivity contribution in [2.24, 2.45) is 0 Å². The van der Waals surface area contributed by atoms with Crippen molar-refractivity contribution in [3.8, 4) is 11.8 Å². The molecule has 1 aromatic carbocycles. The molecule has 1 aromatic rings. The topological polar surface area (TPSA) is 33.0 Å². The Labute approximate surface area is 79.9 Å². The Hall–Kier alpha value is -1.01. The SMILES string of the molecule is CCOc1c(Br)cccc1C#N. The maximum Gasteiger partial charge on any atom is 0.151 e. The molecule has 0 aliphatic heterocycles. The van der Waals surface area contributed by atoms with Gasteiger partial charge in [-0.3, -0.25) is 0 Å². The van der Waals surface area contributed by atoms with Crippen LogP contribution in [0.3, 0.4) is 0 Å². The Morgan fingerprint density at radius 2 is 2.33 bits per heavy atom. The molecule has 0 aromatic heterocycles. The molecule has 0 bridgehead atoms. The molecule has 0 spiro atoms. The molecule has 0 heterocycles. The fraction of sp³-hybridized carbons (Fsp3) is 0.222. The summed E-state index contributed by atoms with van der Waals surface area (Å²) in [5.41, 5.74) is 0.561. The Kier molecular flexibility index (Phi) is 3.12. The molecule has 0 atom stereocenters. The average molecular weight is 226 g/mol. The summed E-state index contributed by atoms with van der Waals surface area (Å²) in [6.45, 7) is 2.46. The van der Waals surface area contributed by atoms with E-state index in [9.17, 15) is 0 Å². The van der Waals surface area contributed by atoms with Crippen molar-refractivity contribution in [3.05, 3.63) is 28.2 Å². The Bertz CT molecular complexity index is 317. The monoisotopic (exact) mass is 225 g/mol. The molecule has 0 fully saturated rings. The highest BCUT2D eigenvalue weighted by molar-refractivity contribution is 9.10. The highest BCUT2D eigenvalue weighted by Crippen LogP contribution is 2.28. The summed E-state index contributed by atoms with van der Waals surface area (Å²) in [5.74, 6) is 0.627. The first-order valence-corrected chi connectivity index (χ1v) is 4.40. The predicted molar refractivity (Wildman–Crippen MR) is 50.0 cm³/mol. The lowest BCUT2D eigenvalue weighted by Crippen LogP contribution is -1.94. The van der Waals surface area contributed by atoms with Crippen LogP contribution >= 0.6 is 15.9 Å². The van der Waals surface area contributed by atoms with E-state index >= 15 is 0 Å². The van der Waals surface area contributed by atoms with Crippen LogP contribution < -0.4 is 4.74 Å². The highest BCUT2D eigenvalue weighted by atomic mass is 79.9. The van der Waals surface area contributed by atoms with Gasteiger partial charge in [-0.15, -0.1) is 0 Å². The fourth-order valence-corrected chi connectivity index (χ4v) is 1.37. The zero-order valence-electron chi connectivity index (χ0n) is 6.67. The number of ether oxygens (including phenoxy) is 1. The average Bonchev–Trinajstić information content (AvgIpc) is 2.09. The minimum atomic E-state index is 0.561. The van der Waals surface area contributed by atoms with Crippen LogP contribution in [0.2, 0.25) is 0 Å². The van der Waals surface area contributed by atoms with Crippen molar-refractivity contribution >= 4 is 15.9 Å². The highest BCUT2D eigenvalue weighted by Gasteiger charge is 2.05. The lowest BCUT2D eigenvalue weighted by atomic mass is 10.2. The molecule has 62 valence electrons. The van der Waals surface area contributed by atoms with Crippen LogP contribution in [-0.4, -0.2) is 6.61 Å². The molecule has 0 N–H and O–H groups in total. The summed E-state index contributed by atoms with van der Waals surface area (Å²) in [4.78, 5) is 0. The molecule has 0 aliphatic carbocycles. The van der Waals surface area contributed by atoms with Gasteiger partial charge in [0.15, 0.2) is 5.75 Å². The smallest absolute Gasteiger partial charge is 0.151 e. The summed E-state index contributed by atoms with van der Waals surface area (Å²) < 4.78 is 6.11. The third-order valence-corrected chi connectivity index (χ3v) is 2.00. The summed E-state index contributed by atoms with van der Waals surface area (Å²) in [5, 5.41) is 8.72. The molecule has 0 radical (unpaired) electrons. The second-order valence-corrected chi connectivity index (χ2v) is 3.02. The molecule has 0 aliphatic rings. The van der Waals surface area contributed by atoms with Gasteiger partial charge in [-0.1, -0.05) is 6.07 Å². The third-order valence-electron chi connectivity index (χ3n) is 1.38. The van der Waals surface area contributed by atoms with Gasteiger partial charge in [0.05, 0.1) is 16.6 Å². The normalized spacial score (nSPS) is 9.08. The maximum absolute atomic E-state index is 8.72. The predicted octanol–water partition coefficient (Wildman–Crippen LogP) is 2.72. The molecular weight excluding hydrogens is 218 g/mol. The van der Waals surface area contributed by atoms with E-state index in [1.807, 2.05) is 19.1 Å². The van der Waals surface area contributed by atoms with E-state index in [1.165, 1.54) is 0 Å². The van der Waals surface area contributed by atoms with E-state index in [4.69, 9.17) is 10.00 Å². The molecule has 1 rings (SSSR count).